The smallest absolute Gasteiger partial charge is 0.0688 e. The predicted octanol–water partition coefficient (Wildman–Crippen LogP) is 7.49. The molecule has 2 aliphatic rings. The summed E-state index contributed by atoms with van der Waals surface area (Å²) in [6, 6.07) is 9.46. The molecule has 1 nitrogen and oxygen atoms in total. The van der Waals surface area contributed by atoms with Crippen LogP contribution in [0.4, 0.5) is 0 Å². The second kappa shape index (κ2) is 10.1. The Hall–Kier alpha value is -0.820. The van der Waals surface area contributed by atoms with Crippen LogP contribution in [0.2, 0.25) is 0 Å². The molecule has 0 radical (unpaired) electrons. The van der Waals surface area contributed by atoms with Crippen molar-refractivity contribution in [1.29, 1.82) is 0 Å². The molecule has 0 unspecified atom stereocenters. The fourth-order valence-electron chi connectivity index (χ4n) is 5.70. The van der Waals surface area contributed by atoms with Gasteiger partial charge in [0.15, 0.2) is 0 Å². The molecular formula is C26H42O. The minimum absolute atomic E-state index is 0.397. The van der Waals surface area contributed by atoms with E-state index in [-0.39, 0.29) is 0 Å². The van der Waals surface area contributed by atoms with E-state index in [1.807, 2.05) is 0 Å². The van der Waals surface area contributed by atoms with E-state index in [0.717, 1.165) is 19.3 Å². The maximum absolute atomic E-state index is 11.2. The minimum atomic E-state index is -0.478. The van der Waals surface area contributed by atoms with Gasteiger partial charge in [0, 0.05) is 6.42 Å². The second-order valence-corrected chi connectivity index (χ2v) is 9.62. The van der Waals surface area contributed by atoms with Crippen LogP contribution in [0.5, 0.6) is 0 Å². The molecule has 1 aromatic rings. The van der Waals surface area contributed by atoms with Gasteiger partial charge in [-0.3, -0.25) is 0 Å². The van der Waals surface area contributed by atoms with Crippen molar-refractivity contribution in [3.05, 3.63) is 35.4 Å². The summed E-state index contributed by atoms with van der Waals surface area (Å²) in [5, 5.41) is 11.2. The third-order valence-electron chi connectivity index (χ3n) is 7.62. The molecule has 0 saturated heterocycles. The van der Waals surface area contributed by atoms with Gasteiger partial charge in [0.1, 0.15) is 0 Å². The van der Waals surface area contributed by atoms with Crippen LogP contribution in [-0.2, 0) is 11.8 Å². The molecular weight excluding hydrogens is 328 g/mol. The first-order chi connectivity index (χ1) is 13.2. The van der Waals surface area contributed by atoms with E-state index in [9.17, 15) is 5.11 Å². The lowest BCUT2D eigenvalue weighted by Crippen LogP contribution is -2.31. The van der Waals surface area contributed by atoms with Crippen molar-refractivity contribution in [3.8, 4) is 0 Å². The summed E-state index contributed by atoms with van der Waals surface area (Å²) in [7, 11) is 0. The van der Waals surface area contributed by atoms with Crippen LogP contribution in [0.3, 0.4) is 0 Å². The highest BCUT2D eigenvalue weighted by molar-refractivity contribution is 5.30. The van der Waals surface area contributed by atoms with Gasteiger partial charge in [-0.1, -0.05) is 102 Å². The Morgan fingerprint density at radius 1 is 0.667 bits per heavy atom. The lowest BCUT2D eigenvalue weighted by atomic mass is 9.69. The number of hydrogen-bond acceptors (Lipinski definition) is 1. The van der Waals surface area contributed by atoms with Gasteiger partial charge < -0.3 is 5.11 Å². The number of aliphatic hydroxyl groups is 1. The average molecular weight is 371 g/mol. The minimum Gasteiger partial charge on any atom is -0.390 e. The van der Waals surface area contributed by atoms with Crippen molar-refractivity contribution in [2.75, 3.05) is 0 Å². The van der Waals surface area contributed by atoms with Crippen LogP contribution in [0.25, 0.3) is 0 Å². The largest absolute Gasteiger partial charge is 0.390 e. The normalized spacial score (nSPS) is 24.1. The van der Waals surface area contributed by atoms with E-state index in [2.05, 4.69) is 31.2 Å². The molecule has 2 fully saturated rings. The van der Waals surface area contributed by atoms with Crippen molar-refractivity contribution in [2.24, 2.45) is 0 Å². The summed E-state index contributed by atoms with van der Waals surface area (Å²) in [4.78, 5) is 0. The molecule has 2 saturated carbocycles. The summed E-state index contributed by atoms with van der Waals surface area (Å²) in [6.45, 7) is 2.38. The first kappa shape index (κ1) is 20.9. The van der Waals surface area contributed by atoms with E-state index in [1.165, 1.54) is 95.5 Å². The highest BCUT2D eigenvalue weighted by Gasteiger charge is 2.31. The van der Waals surface area contributed by atoms with Crippen molar-refractivity contribution in [1.82, 2.24) is 0 Å². The Balaban J connectivity index is 1.69. The Bertz CT molecular complexity index is 526. The molecule has 0 aliphatic heterocycles. The van der Waals surface area contributed by atoms with Crippen molar-refractivity contribution in [2.45, 2.75) is 127 Å². The molecule has 1 aromatic carbocycles. The molecule has 27 heavy (non-hydrogen) atoms. The van der Waals surface area contributed by atoms with Gasteiger partial charge in [-0.15, -0.1) is 0 Å². The predicted molar refractivity (Wildman–Crippen MR) is 116 cm³/mol. The first-order valence-electron chi connectivity index (χ1n) is 12.0. The van der Waals surface area contributed by atoms with Gasteiger partial charge in [0.2, 0.25) is 0 Å². The lowest BCUT2D eigenvalue weighted by Gasteiger charge is -2.36. The zero-order chi connectivity index (χ0) is 19.0. The van der Waals surface area contributed by atoms with E-state index >= 15 is 0 Å². The van der Waals surface area contributed by atoms with E-state index in [1.54, 1.807) is 5.56 Å². The Morgan fingerprint density at radius 2 is 1.11 bits per heavy atom. The quantitative estimate of drug-likeness (QED) is 0.582. The number of hydrogen-bond donors (Lipinski definition) is 1. The fourth-order valence-corrected chi connectivity index (χ4v) is 5.70. The van der Waals surface area contributed by atoms with Gasteiger partial charge in [-0.05, 0) is 48.6 Å². The number of benzene rings is 1. The van der Waals surface area contributed by atoms with E-state index in [0.29, 0.717) is 5.41 Å². The van der Waals surface area contributed by atoms with Gasteiger partial charge in [-0.2, -0.15) is 0 Å². The standard InChI is InChI=1S/C26H42O/c1-2-25(18-10-6-5-7-11-19-25)24-16-14-23(15-17-24)22-26(27)20-12-8-3-4-9-13-21-26/h14-17,27H,2-13,18-22H2,1H3. The summed E-state index contributed by atoms with van der Waals surface area (Å²) in [5.41, 5.74) is 2.80. The summed E-state index contributed by atoms with van der Waals surface area (Å²) < 4.78 is 0. The van der Waals surface area contributed by atoms with Gasteiger partial charge >= 0.3 is 0 Å². The Labute approximate surface area is 168 Å². The SMILES string of the molecule is CCC1(c2ccc(CC3(O)CCCCCCCC3)cc2)CCCCCCC1. The molecule has 152 valence electrons. The fraction of sp³-hybridized carbons (Fsp3) is 0.769. The molecule has 3 rings (SSSR count). The molecule has 0 heterocycles. The lowest BCUT2D eigenvalue weighted by molar-refractivity contribution is 0.0198. The van der Waals surface area contributed by atoms with Gasteiger partial charge in [0.05, 0.1) is 5.60 Å². The molecule has 1 heteroatoms. The van der Waals surface area contributed by atoms with Crippen molar-refractivity contribution >= 4 is 0 Å². The summed E-state index contributed by atoms with van der Waals surface area (Å²) in [6.07, 6.45) is 21.4. The molecule has 0 amide bonds. The van der Waals surface area contributed by atoms with E-state index in [4.69, 9.17) is 0 Å². The molecule has 0 spiro atoms. The molecule has 1 N–H and O–H groups in total. The Kier molecular flexibility index (Phi) is 7.82. The zero-order valence-corrected chi connectivity index (χ0v) is 17.8. The first-order valence-corrected chi connectivity index (χ1v) is 12.0. The van der Waals surface area contributed by atoms with Gasteiger partial charge in [0.25, 0.3) is 0 Å². The highest BCUT2D eigenvalue weighted by Crippen LogP contribution is 2.40. The second-order valence-electron chi connectivity index (χ2n) is 9.62. The van der Waals surface area contributed by atoms with E-state index < -0.39 is 5.60 Å². The highest BCUT2D eigenvalue weighted by atomic mass is 16.3. The maximum Gasteiger partial charge on any atom is 0.0688 e. The number of rotatable bonds is 4. The average Bonchev–Trinajstić information content (AvgIpc) is 2.75. The van der Waals surface area contributed by atoms with Crippen LogP contribution in [0, 0.1) is 0 Å². The van der Waals surface area contributed by atoms with Crippen LogP contribution in [-0.4, -0.2) is 10.7 Å². The van der Waals surface area contributed by atoms with Gasteiger partial charge in [-0.25, -0.2) is 0 Å². The van der Waals surface area contributed by atoms with Crippen LogP contribution in [0.15, 0.2) is 24.3 Å². The third kappa shape index (κ3) is 5.83. The zero-order valence-electron chi connectivity index (χ0n) is 17.8. The molecule has 0 aromatic heterocycles. The summed E-state index contributed by atoms with van der Waals surface area (Å²) in [5.74, 6) is 0. The molecule has 2 aliphatic carbocycles. The maximum atomic E-state index is 11.2. The van der Waals surface area contributed by atoms with Crippen LogP contribution < -0.4 is 0 Å². The molecule has 0 atom stereocenters. The van der Waals surface area contributed by atoms with Crippen LogP contribution in [0.1, 0.15) is 121 Å². The third-order valence-corrected chi connectivity index (χ3v) is 7.62. The topological polar surface area (TPSA) is 20.2 Å². The van der Waals surface area contributed by atoms with Crippen molar-refractivity contribution < 1.29 is 5.11 Å². The Morgan fingerprint density at radius 3 is 1.59 bits per heavy atom. The van der Waals surface area contributed by atoms with Crippen LogP contribution >= 0.6 is 0 Å². The monoisotopic (exact) mass is 370 g/mol. The molecule has 0 bridgehead atoms. The van der Waals surface area contributed by atoms with Crippen molar-refractivity contribution in [3.63, 3.8) is 0 Å². The summed E-state index contributed by atoms with van der Waals surface area (Å²) >= 11 is 0.